The number of nitrogens with zero attached hydrogens (tertiary/aromatic N) is 3. The van der Waals surface area contributed by atoms with Gasteiger partial charge >= 0.3 is 0 Å². The molecule has 1 aliphatic heterocycles. The van der Waals surface area contributed by atoms with Crippen LogP contribution in [-0.4, -0.2) is 56.5 Å². The van der Waals surface area contributed by atoms with Crippen LogP contribution in [0.5, 0.6) is 0 Å². The standard InChI is InChI=1S/C20H27N3O3S/c1-14-4-6-17(7-5-14)11-23-18(12-24)8-21-20(23)27-13-19(25)22-9-15(2)26-16(3)10-22/h4-8,15-16,24H,9-13H2,1-3H3/t15-,16-/m0/s1. The van der Waals surface area contributed by atoms with Crippen LogP contribution in [0.15, 0.2) is 35.6 Å². The molecule has 1 aliphatic rings. The van der Waals surface area contributed by atoms with E-state index in [2.05, 4.69) is 36.2 Å². The summed E-state index contributed by atoms with van der Waals surface area (Å²) in [6.45, 7) is 7.84. The summed E-state index contributed by atoms with van der Waals surface area (Å²) in [5, 5.41) is 10.4. The Kier molecular flexibility index (Phi) is 6.57. The molecule has 0 aliphatic carbocycles. The third-order valence-electron chi connectivity index (χ3n) is 4.62. The Morgan fingerprint density at radius 1 is 1.26 bits per heavy atom. The average Bonchev–Trinajstić information content (AvgIpc) is 3.02. The molecule has 1 amide bonds. The Bertz CT molecular complexity index is 765. The molecule has 0 bridgehead atoms. The number of thioether (sulfide) groups is 1. The van der Waals surface area contributed by atoms with Gasteiger partial charge in [-0.3, -0.25) is 4.79 Å². The van der Waals surface area contributed by atoms with Crippen LogP contribution in [0.25, 0.3) is 0 Å². The summed E-state index contributed by atoms with van der Waals surface area (Å²) in [6.07, 6.45) is 1.80. The van der Waals surface area contributed by atoms with Gasteiger partial charge in [0, 0.05) is 19.6 Å². The molecule has 1 saturated heterocycles. The molecule has 1 aromatic carbocycles. The van der Waals surface area contributed by atoms with Crippen molar-refractivity contribution in [2.75, 3.05) is 18.8 Å². The number of carbonyl (C=O) groups excluding carboxylic acids is 1. The number of ether oxygens (including phenoxy) is 1. The van der Waals surface area contributed by atoms with Crippen molar-refractivity contribution >= 4 is 17.7 Å². The van der Waals surface area contributed by atoms with E-state index in [4.69, 9.17) is 4.74 Å². The summed E-state index contributed by atoms with van der Waals surface area (Å²) in [6, 6.07) is 8.29. The number of aromatic nitrogens is 2. The summed E-state index contributed by atoms with van der Waals surface area (Å²) < 4.78 is 7.68. The number of rotatable bonds is 6. The number of hydrogen-bond donors (Lipinski definition) is 1. The highest BCUT2D eigenvalue weighted by Crippen LogP contribution is 2.22. The van der Waals surface area contributed by atoms with Crippen LogP contribution in [0.1, 0.15) is 30.7 Å². The average molecular weight is 390 g/mol. The minimum atomic E-state index is -0.0775. The molecule has 27 heavy (non-hydrogen) atoms. The van der Waals surface area contributed by atoms with E-state index >= 15 is 0 Å². The highest BCUT2D eigenvalue weighted by molar-refractivity contribution is 7.99. The first-order valence-corrected chi connectivity index (χ1v) is 10.2. The minimum absolute atomic E-state index is 0.0622. The monoisotopic (exact) mass is 389 g/mol. The highest BCUT2D eigenvalue weighted by atomic mass is 32.2. The van der Waals surface area contributed by atoms with E-state index in [0.29, 0.717) is 25.4 Å². The SMILES string of the molecule is Cc1ccc(Cn2c(CO)cnc2SCC(=O)N2C[C@H](C)O[C@@H](C)C2)cc1. The lowest BCUT2D eigenvalue weighted by atomic mass is 10.1. The van der Waals surface area contributed by atoms with Crippen molar-refractivity contribution in [1.82, 2.24) is 14.5 Å². The van der Waals surface area contributed by atoms with Crippen LogP contribution >= 0.6 is 11.8 Å². The van der Waals surface area contributed by atoms with Crippen LogP contribution in [-0.2, 0) is 22.7 Å². The third kappa shape index (κ3) is 5.12. The summed E-state index contributed by atoms with van der Waals surface area (Å²) in [7, 11) is 0. The van der Waals surface area contributed by atoms with E-state index in [0.717, 1.165) is 16.4 Å². The first-order valence-electron chi connectivity index (χ1n) is 9.23. The lowest BCUT2D eigenvalue weighted by molar-refractivity contribution is -0.140. The van der Waals surface area contributed by atoms with Crippen LogP contribution < -0.4 is 0 Å². The molecule has 2 aromatic rings. The number of aryl methyl sites for hydroxylation is 1. The second-order valence-corrected chi connectivity index (χ2v) is 8.05. The molecule has 146 valence electrons. The second kappa shape index (κ2) is 8.91. The van der Waals surface area contributed by atoms with Gasteiger partial charge in [-0.15, -0.1) is 0 Å². The zero-order chi connectivity index (χ0) is 19.4. The van der Waals surface area contributed by atoms with Crippen molar-refractivity contribution in [2.45, 2.75) is 51.3 Å². The van der Waals surface area contributed by atoms with Gasteiger partial charge in [0.1, 0.15) is 0 Å². The first kappa shape index (κ1) is 19.9. The zero-order valence-electron chi connectivity index (χ0n) is 16.1. The molecule has 2 heterocycles. The van der Waals surface area contributed by atoms with Crippen LogP contribution in [0.2, 0.25) is 0 Å². The van der Waals surface area contributed by atoms with Gasteiger partial charge in [0.05, 0.1) is 36.5 Å². The third-order valence-corrected chi connectivity index (χ3v) is 5.60. The molecule has 1 N–H and O–H groups in total. The van der Waals surface area contributed by atoms with E-state index in [1.165, 1.54) is 17.3 Å². The van der Waals surface area contributed by atoms with Crippen LogP contribution in [0.3, 0.4) is 0 Å². The van der Waals surface area contributed by atoms with Crippen molar-refractivity contribution in [2.24, 2.45) is 0 Å². The fourth-order valence-corrected chi connectivity index (χ4v) is 4.18. The Balaban J connectivity index is 1.67. The zero-order valence-corrected chi connectivity index (χ0v) is 16.9. The molecule has 3 rings (SSSR count). The normalized spacial score (nSPS) is 20.1. The van der Waals surface area contributed by atoms with Crippen molar-refractivity contribution < 1.29 is 14.6 Å². The maximum atomic E-state index is 12.6. The minimum Gasteiger partial charge on any atom is -0.390 e. The molecule has 0 saturated carbocycles. The molecule has 7 heteroatoms. The van der Waals surface area contributed by atoms with Crippen molar-refractivity contribution in [3.05, 3.63) is 47.3 Å². The smallest absolute Gasteiger partial charge is 0.233 e. The molecule has 0 spiro atoms. The van der Waals surface area contributed by atoms with E-state index < -0.39 is 0 Å². The molecular weight excluding hydrogens is 362 g/mol. The second-order valence-electron chi connectivity index (χ2n) is 7.11. The molecule has 2 atom stereocenters. The maximum absolute atomic E-state index is 12.6. The Hall–Kier alpha value is -1.83. The fraction of sp³-hybridized carbons (Fsp3) is 0.500. The highest BCUT2D eigenvalue weighted by Gasteiger charge is 2.26. The number of amides is 1. The Morgan fingerprint density at radius 3 is 2.56 bits per heavy atom. The van der Waals surface area contributed by atoms with E-state index in [1.807, 2.05) is 23.3 Å². The number of aliphatic hydroxyl groups excluding tert-OH is 1. The molecule has 0 radical (unpaired) electrons. The fourth-order valence-electron chi connectivity index (χ4n) is 3.28. The van der Waals surface area contributed by atoms with Gasteiger partial charge in [0.2, 0.25) is 5.91 Å². The van der Waals surface area contributed by atoms with E-state index in [9.17, 15) is 9.90 Å². The predicted octanol–water partition coefficient (Wildman–Crippen LogP) is 2.46. The number of hydrogen-bond acceptors (Lipinski definition) is 5. The molecule has 1 aromatic heterocycles. The first-order chi connectivity index (χ1) is 13.0. The van der Waals surface area contributed by atoms with E-state index in [1.54, 1.807) is 6.20 Å². The van der Waals surface area contributed by atoms with Crippen molar-refractivity contribution in [1.29, 1.82) is 0 Å². The Labute approximate surface area is 164 Å². The Morgan fingerprint density at radius 2 is 1.93 bits per heavy atom. The van der Waals surface area contributed by atoms with Gasteiger partial charge < -0.3 is 19.3 Å². The number of aliphatic hydroxyl groups is 1. The summed E-state index contributed by atoms with van der Waals surface area (Å²) in [5.74, 6) is 0.423. The molecule has 6 nitrogen and oxygen atoms in total. The summed E-state index contributed by atoms with van der Waals surface area (Å²) in [4.78, 5) is 18.9. The van der Waals surface area contributed by atoms with Gasteiger partial charge in [-0.1, -0.05) is 41.6 Å². The molecular formula is C20H27N3O3S. The molecule has 0 unspecified atom stereocenters. The largest absolute Gasteiger partial charge is 0.390 e. The van der Waals surface area contributed by atoms with Gasteiger partial charge in [0.15, 0.2) is 5.16 Å². The molecule has 1 fully saturated rings. The quantitative estimate of drug-likeness (QED) is 0.769. The number of carbonyl (C=O) groups is 1. The number of benzene rings is 1. The lowest BCUT2D eigenvalue weighted by Gasteiger charge is -2.35. The van der Waals surface area contributed by atoms with Gasteiger partial charge in [-0.25, -0.2) is 4.98 Å². The van der Waals surface area contributed by atoms with Crippen LogP contribution in [0.4, 0.5) is 0 Å². The topological polar surface area (TPSA) is 67.6 Å². The van der Waals surface area contributed by atoms with E-state index in [-0.39, 0.29) is 24.7 Å². The summed E-state index contributed by atoms with van der Waals surface area (Å²) in [5.41, 5.74) is 3.09. The van der Waals surface area contributed by atoms with Gasteiger partial charge in [-0.2, -0.15) is 0 Å². The van der Waals surface area contributed by atoms with Crippen molar-refractivity contribution in [3.8, 4) is 0 Å². The summed E-state index contributed by atoms with van der Waals surface area (Å²) >= 11 is 1.42. The number of imidazole rings is 1. The maximum Gasteiger partial charge on any atom is 0.233 e. The van der Waals surface area contributed by atoms with Crippen molar-refractivity contribution in [3.63, 3.8) is 0 Å². The van der Waals surface area contributed by atoms with Gasteiger partial charge in [-0.05, 0) is 26.3 Å². The number of morpholine rings is 1. The van der Waals surface area contributed by atoms with Crippen LogP contribution in [0, 0.1) is 6.92 Å². The van der Waals surface area contributed by atoms with Gasteiger partial charge in [0.25, 0.3) is 0 Å². The lowest BCUT2D eigenvalue weighted by Crippen LogP contribution is -2.48. The predicted molar refractivity (Wildman–Crippen MR) is 106 cm³/mol.